The first-order chi connectivity index (χ1) is 14.6. The highest BCUT2D eigenvalue weighted by atomic mass is 35.5. The van der Waals surface area contributed by atoms with Gasteiger partial charge in [0, 0.05) is 57.0 Å². The summed E-state index contributed by atoms with van der Waals surface area (Å²) in [6.45, 7) is 5.37. The number of rotatable bonds is 5. The number of anilines is 1. The number of aromatic nitrogens is 2. The summed E-state index contributed by atoms with van der Waals surface area (Å²) in [6, 6.07) is 9.98. The maximum Gasteiger partial charge on any atom is 0.200 e. The van der Waals surface area contributed by atoms with Gasteiger partial charge in [-0.3, -0.25) is 4.90 Å². The smallest absolute Gasteiger partial charge is 0.200 e. The molecule has 1 aliphatic heterocycles. The van der Waals surface area contributed by atoms with E-state index in [0.29, 0.717) is 16.5 Å². The lowest BCUT2D eigenvalue weighted by Gasteiger charge is -2.35. The van der Waals surface area contributed by atoms with Crippen molar-refractivity contribution in [3.05, 3.63) is 52.8 Å². The molecule has 1 aromatic carbocycles. The molecular weight excluding hydrogens is 398 g/mol. The molecule has 1 N–H and O–H groups in total. The Morgan fingerprint density at radius 1 is 1.17 bits per heavy atom. The van der Waals surface area contributed by atoms with Crippen molar-refractivity contribution in [2.45, 2.75) is 25.9 Å². The number of nitriles is 1. The average molecular weight is 422 g/mol. The second-order valence-corrected chi connectivity index (χ2v) is 8.78. The van der Waals surface area contributed by atoms with Gasteiger partial charge >= 0.3 is 0 Å². The number of pyridine rings is 1. The highest BCUT2D eigenvalue weighted by Gasteiger charge is 2.24. The number of nitrogens with zero attached hydrogens (tertiary/aromatic N) is 5. The number of hydrogen-bond acceptors (Lipinski definition) is 5. The molecule has 3 aromatic rings. The van der Waals surface area contributed by atoms with Gasteiger partial charge in [0.25, 0.3) is 0 Å². The number of fused-ring (bicyclic) bond motifs is 1. The molecule has 0 amide bonds. The van der Waals surface area contributed by atoms with Gasteiger partial charge in [0.1, 0.15) is 11.9 Å². The molecule has 2 aromatic heterocycles. The highest BCUT2D eigenvalue weighted by molar-refractivity contribution is 6.36. The van der Waals surface area contributed by atoms with Crippen LogP contribution in [0.2, 0.25) is 5.02 Å². The monoisotopic (exact) mass is 421 g/mol. The van der Waals surface area contributed by atoms with Crippen molar-refractivity contribution in [3.8, 4) is 11.9 Å². The zero-order chi connectivity index (χ0) is 20.7. The fourth-order valence-electron chi connectivity index (χ4n) is 4.24. The van der Waals surface area contributed by atoms with E-state index in [4.69, 9.17) is 16.9 Å². The zero-order valence-electron chi connectivity index (χ0n) is 16.8. The van der Waals surface area contributed by atoms with E-state index in [9.17, 15) is 5.11 Å². The minimum atomic E-state index is 0.289. The van der Waals surface area contributed by atoms with E-state index >= 15 is 0 Å². The summed E-state index contributed by atoms with van der Waals surface area (Å²) in [6.07, 6.45) is 6.16. The minimum absolute atomic E-state index is 0.289. The molecule has 7 heteroatoms. The van der Waals surface area contributed by atoms with Gasteiger partial charge in [0.15, 0.2) is 0 Å². The van der Waals surface area contributed by atoms with E-state index in [2.05, 4.69) is 26.9 Å². The van der Waals surface area contributed by atoms with Gasteiger partial charge in [-0.25, -0.2) is 4.98 Å². The van der Waals surface area contributed by atoms with Crippen LogP contribution in [0.1, 0.15) is 24.0 Å². The lowest BCUT2D eigenvalue weighted by Crippen LogP contribution is -2.46. The van der Waals surface area contributed by atoms with Crippen LogP contribution in [0.5, 0.6) is 5.88 Å². The molecule has 154 valence electrons. The van der Waals surface area contributed by atoms with Gasteiger partial charge in [0.2, 0.25) is 5.88 Å². The molecule has 2 aliphatic rings. The Labute approximate surface area is 180 Å². The lowest BCUT2D eigenvalue weighted by atomic mass is 10.1. The SMILES string of the molecule is N#Cc1ccc(N2CCN(Cc3cc(Cl)c4c(O)n(CC5CC5)cc4c3)CC2)nc1. The number of halogens is 1. The second-order valence-electron chi connectivity index (χ2n) is 8.37. The molecule has 0 unspecified atom stereocenters. The molecule has 0 atom stereocenters. The maximum atomic E-state index is 10.6. The van der Waals surface area contributed by atoms with Crippen molar-refractivity contribution >= 4 is 28.2 Å². The fraction of sp³-hybridized carbons (Fsp3) is 0.391. The van der Waals surface area contributed by atoms with E-state index in [-0.39, 0.29) is 5.88 Å². The molecule has 0 radical (unpaired) electrons. The normalized spacial score (nSPS) is 17.4. The number of aromatic hydroxyl groups is 1. The van der Waals surface area contributed by atoms with Gasteiger partial charge in [-0.2, -0.15) is 5.26 Å². The van der Waals surface area contributed by atoms with Crippen LogP contribution in [0.4, 0.5) is 5.82 Å². The Kier molecular flexibility index (Phi) is 5.01. The Hall–Kier alpha value is -2.75. The topological polar surface area (TPSA) is 68.3 Å². The Balaban J connectivity index is 1.26. The molecule has 2 fully saturated rings. The van der Waals surface area contributed by atoms with E-state index in [1.54, 1.807) is 6.20 Å². The van der Waals surface area contributed by atoms with Gasteiger partial charge in [-0.15, -0.1) is 0 Å². The van der Waals surface area contributed by atoms with Crippen LogP contribution < -0.4 is 4.90 Å². The summed E-state index contributed by atoms with van der Waals surface area (Å²) in [7, 11) is 0. The standard InChI is InChI=1S/C23H24ClN5O/c24-20-10-18(9-19-15-29(14-16-1-2-16)23(30)22(19)20)13-27-5-7-28(8-6-27)21-4-3-17(11-25)12-26-21/h3-4,9-10,12,15-16,30H,1-2,5-8,13-14H2. The molecule has 0 spiro atoms. The van der Waals surface area contributed by atoms with Crippen LogP contribution in [0.15, 0.2) is 36.7 Å². The van der Waals surface area contributed by atoms with Gasteiger partial charge < -0.3 is 14.6 Å². The first kappa shape index (κ1) is 19.2. The van der Waals surface area contributed by atoms with Gasteiger partial charge in [-0.1, -0.05) is 11.6 Å². The number of benzene rings is 1. The first-order valence-electron chi connectivity index (χ1n) is 10.4. The molecule has 3 heterocycles. The average Bonchev–Trinajstić information content (AvgIpc) is 3.52. The second kappa shape index (κ2) is 7.82. The van der Waals surface area contributed by atoms with E-state index < -0.39 is 0 Å². The van der Waals surface area contributed by atoms with Crippen LogP contribution in [0, 0.1) is 17.2 Å². The summed E-state index contributed by atoms with van der Waals surface area (Å²) in [4.78, 5) is 9.07. The zero-order valence-corrected chi connectivity index (χ0v) is 17.5. The van der Waals surface area contributed by atoms with Crippen LogP contribution >= 0.6 is 11.6 Å². The van der Waals surface area contributed by atoms with Crippen molar-refractivity contribution in [3.63, 3.8) is 0 Å². The van der Waals surface area contributed by atoms with Crippen molar-refractivity contribution in [2.24, 2.45) is 5.92 Å². The molecule has 1 aliphatic carbocycles. The van der Waals surface area contributed by atoms with Crippen LogP contribution in [0.3, 0.4) is 0 Å². The quantitative estimate of drug-likeness (QED) is 0.674. The Bertz CT molecular complexity index is 1110. The summed E-state index contributed by atoms with van der Waals surface area (Å²) in [5, 5.41) is 21.9. The number of piperazine rings is 1. The Morgan fingerprint density at radius 3 is 2.63 bits per heavy atom. The largest absolute Gasteiger partial charge is 0.494 e. The third kappa shape index (κ3) is 3.83. The third-order valence-electron chi connectivity index (χ3n) is 6.10. The summed E-state index contributed by atoms with van der Waals surface area (Å²) < 4.78 is 1.95. The van der Waals surface area contributed by atoms with Gasteiger partial charge in [-0.05, 0) is 48.6 Å². The van der Waals surface area contributed by atoms with Crippen molar-refractivity contribution in [1.29, 1.82) is 5.26 Å². The van der Waals surface area contributed by atoms with Crippen LogP contribution in [0.25, 0.3) is 10.8 Å². The first-order valence-corrected chi connectivity index (χ1v) is 10.8. The summed E-state index contributed by atoms with van der Waals surface area (Å²) >= 11 is 6.55. The summed E-state index contributed by atoms with van der Waals surface area (Å²) in [5.41, 5.74) is 1.75. The molecule has 30 heavy (non-hydrogen) atoms. The van der Waals surface area contributed by atoms with E-state index in [0.717, 1.165) is 55.9 Å². The molecule has 1 saturated heterocycles. The maximum absolute atomic E-state index is 10.6. The van der Waals surface area contributed by atoms with Crippen molar-refractivity contribution in [1.82, 2.24) is 14.5 Å². The highest BCUT2D eigenvalue weighted by Crippen LogP contribution is 2.38. The summed E-state index contributed by atoms with van der Waals surface area (Å²) in [5.74, 6) is 1.90. The van der Waals surface area contributed by atoms with Crippen molar-refractivity contribution in [2.75, 3.05) is 31.1 Å². The third-order valence-corrected chi connectivity index (χ3v) is 6.40. The predicted octanol–water partition coefficient (Wildman–Crippen LogP) is 4.00. The fourth-order valence-corrected chi connectivity index (χ4v) is 4.57. The van der Waals surface area contributed by atoms with E-state index in [1.165, 1.54) is 18.4 Å². The van der Waals surface area contributed by atoms with Crippen LogP contribution in [-0.4, -0.2) is 45.7 Å². The van der Waals surface area contributed by atoms with Gasteiger partial charge in [0.05, 0.1) is 16.0 Å². The molecule has 5 rings (SSSR count). The molecule has 0 bridgehead atoms. The Morgan fingerprint density at radius 2 is 1.97 bits per heavy atom. The predicted molar refractivity (Wildman–Crippen MR) is 118 cm³/mol. The van der Waals surface area contributed by atoms with Crippen molar-refractivity contribution < 1.29 is 5.11 Å². The minimum Gasteiger partial charge on any atom is -0.494 e. The number of hydrogen-bond donors (Lipinski definition) is 1. The van der Waals surface area contributed by atoms with Crippen LogP contribution in [-0.2, 0) is 13.1 Å². The lowest BCUT2D eigenvalue weighted by molar-refractivity contribution is 0.249. The molecule has 6 nitrogen and oxygen atoms in total. The molecule has 1 saturated carbocycles. The molecular formula is C23H24ClN5O. The van der Waals surface area contributed by atoms with E-state index in [1.807, 2.05) is 29.0 Å².